The van der Waals surface area contributed by atoms with Gasteiger partial charge in [-0.3, -0.25) is 0 Å². The number of anilines is 1. The number of carboxylic acids is 1. The highest BCUT2D eigenvalue weighted by Gasteiger charge is 2.13. The molecule has 5 heteroatoms. The van der Waals surface area contributed by atoms with Crippen LogP contribution in [0.2, 0.25) is 0 Å². The molecule has 1 heterocycles. The highest BCUT2D eigenvalue weighted by Crippen LogP contribution is 2.27. The van der Waals surface area contributed by atoms with E-state index in [1.807, 2.05) is 24.4 Å². The maximum absolute atomic E-state index is 11.1. The van der Waals surface area contributed by atoms with Crippen molar-refractivity contribution in [3.63, 3.8) is 0 Å². The van der Waals surface area contributed by atoms with Gasteiger partial charge in [0.2, 0.25) is 0 Å². The van der Waals surface area contributed by atoms with E-state index >= 15 is 0 Å². The molecule has 2 N–H and O–H groups in total. The minimum absolute atomic E-state index is 0.0809. The number of thiophene rings is 1. The van der Waals surface area contributed by atoms with E-state index < -0.39 is 5.97 Å². The number of hydrogen-bond donors (Lipinski definition) is 2. The number of halogens is 1. The molecular weight excluding hydrogens is 314 g/mol. The second-order valence-corrected chi connectivity index (χ2v) is 5.77. The molecule has 0 amide bonds. The summed E-state index contributed by atoms with van der Waals surface area (Å²) < 4.78 is 0.855. The lowest BCUT2D eigenvalue weighted by molar-refractivity contribution is 0.0698. The summed E-state index contributed by atoms with van der Waals surface area (Å²) in [5.74, 6) is -0.927. The van der Waals surface area contributed by atoms with Crippen molar-refractivity contribution >= 4 is 38.9 Å². The van der Waals surface area contributed by atoms with E-state index in [-0.39, 0.29) is 11.6 Å². The largest absolute Gasteiger partial charge is 0.478 e. The highest BCUT2D eigenvalue weighted by molar-refractivity contribution is 9.10. The van der Waals surface area contributed by atoms with Gasteiger partial charge < -0.3 is 10.4 Å². The van der Waals surface area contributed by atoms with E-state index in [0.717, 1.165) is 4.47 Å². The monoisotopic (exact) mass is 325 g/mol. The van der Waals surface area contributed by atoms with E-state index in [1.165, 1.54) is 4.88 Å². The number of benzene rings is 1. The van der Waals surface area contributed by atoms with Crippen LogP contribution in [0.3, 0.4) is 0 Å². The summed E-state index contributed by atoms with van der Waals surface area (Å²) in [4.78, 5) is 12.3. The summed E-state index contributed by atoms with van der Waals surface area (Å²) in [6, 6.07) is 9.20. The lowest BCUT2D eigenvalue weighted by atomic mass is 10.1. The van der Waals surface area contributed by atoms with Crippen LogP contribution in [0.15, 0.2) is 40.2 Å². The van der Waals surface area contributed by atoms with Crippen LogP contribution >= 0.6 is 27.3 Å². The number of rotatable bonds is 4. The zero-order valence-electron chi connectivity index (χ0n) is 9.68. The Bertz CT molecular complexity index is 554. The predicted octanol–water partition coefficient (Wildman–Crippen LogP) is 4.38. The van der Waals surface area contributed by atoms with Crippen molar-refractivity contribution in [2.75, 3.05) is 5.32 Å². The normalized spacial score (nSPS) is 12.1. The number of hydrogen-bond acceptors (Lipinski definition) is 3. The zero-order valence-corrected chi connectivity index (χ0v) is 12.1. The quantitative estimate of drug-likeness (QED) is 0.876. The van der Waals surface area contributed by atoms with Crippen molar-refractivity contribution in [2.24, 2.45) is 0 Å². The van der Waals surface area contributed by atoms with Gasteiger partial charge in [-0.25, -0.2) is 4.79 Å². The molecule has 1 aromatic carbocycles. The third-order valence-electron chi connectivity index (χ3n) is 2.55. The molecule has 0 aliphatic rings. The van der Waals surface area contributed by atoms with E-state index in [9.17, 15) is 4.79 Å². The van der Waals surface area contributed by atoms with Gasteiger partial charge in [-0.2, -0.15) is 0 Å². The van der Waals surface area contributed by atoms with Crippen molar-refractivity contribution in [1.82, 2.24) is 0 Å². The molecule has 3 nitrogen and oxygen atoms in total. The summed E-state index contributed by atoms with van der Waals surface area (Å²) in [6.45, 7) is 2.01. The van der Waals surface area contributed by atoms with E-state index in [2.05, 4.69) is 21.2 Å². The summed E-state index contributed by atoms with van der Waals surface area (Å²) >= 11 is 5.00. The summed E-state index contributed by atoms with van der Waals surface area (Å²) in [5.41, 5.74) is 0.902. The van der Waals surface area contributed by atoms with Crippen LogP contribution in [-0.2, 0) is 0 Å². The minimum Gasteiger partial charge on any atom is -0.478 e. The molecule has 0 saturated carbocycles. The molecule has 0 spiro atoms. The maximum Gasteiger partial charge on any atom is 0.337 e. The summed E-state index contributed by atoms with van der Waals surface area (Å²) in [6.07, 6.45) is 0. The van der Waals surface area contributed by atoms with Gasteiger partial charge in [-0.1, -0.05) is 22.0 Å². The Hall–Kier alpha value is -1.33. The van der Waals surface area contributed by atoms with Crippen molar-refractivity contribution < 1.29 is 9.90 Å². The number of nitrogens with one attached hydrogen (secondary N) is 1. The molecule has 1 aromatic heterocycles. The molecule has 18 heavy (non-hydrogen) atoms. The maximum atomic E-state index is 11.1. The molecule has 2 aromatic rings. The fraction of sp³-hybridized carbons (Fsp3) is 0.154. The molecular formula is C13H12BrNO2S. The fourth-order valence-corrected chi connectivity index (χ4v) is 2.76. The van der Waals surface area contributed by atoms with Gasteiger partial charge in [0.25, 0.3) is 0 Å². The van der Waals surface area contributed by atoms with Gasteiger partial charge in [-0.15, -0.1) is 11.3 Å². The van der Waals surface area contributed by atoms with Crippen LogP contribution < -0.4 is 5.32 Å². The second kappa shape index (κ2) is 5.54. The highest BCUT2D eigenvalue weighted by atomic mass is 79.9. The Morgan fingerprint density at radius 1 is 1.44 bits per heavy atom. The van der Waals surface area contributed by atoms with Gasteiger partial charge in [0.15, 0.2) is 0 Å². The van der Waals surface area contributed by atoms with Crippen LogP contribution in [0.4, 0.5) is 5.69 Å². The molecule has 0 radical (unpaired) electrons. The van der Waals surface area contributed by atoms with Gasteiger partial charge in [0.05, 0.1) is 17.3 Å². The molecule has 0 fully saturated rings. The first-order chi connectivity index (χ1) is 8.58. The Kier molecular flexibility index (Phi) is 4.04. The molecule has 0 bridgehead atoms. The lowest BCUT2D eigenvalue weighted by Gasteiger charge is -2.16. The van der Waals surface area contributed by atoms with E-state index in [1.54, 1.807) is 29.5 Å². The van der Waals surface area contributed by atoms with Crippen molar-refractivity contribution in [2.45, 2.75) is 13.0 Å². The van der Waals surface area contributed by atoms with E-state index in [4.69, 9.17) is 5.11 Å². The van der Waals surface area contributed by atoms with Gasteiger partial charge in [0.1, 0.15) is 0 Å². The number of aromatic carboxylic acids is 1. The number of carbonyl (C=O) groups is 1. The SMILES string of the molecule is CC(Nc1cc(Br)ccc1C(=O)O)c1cccs1. The van der Waals surface area contributed by atoms with Crippen LogP contribution in [0.1, 0.15) is 28.2 Å². The fourth-order valence-electron chi connectivity index (χ4n) is 1.66. The van der Waals surface area contributed by atoms with Crippen molar-refractivity contribution in [3.05, 3.63) is 50.6 Å². The second-order valence-electron chi connectivity index (χ2n) is 3.88. The molecule has 1 atom stereocenters. The lowest BCUT2D eigenvalue weighted by Crippen LogP contribution is -2.09. The zero-order chi connectivity index (χ0) is 13.1. The predicted molar refractivity (Wildman–Crippen MR) is 77.5 cm³/mol. The van der Waals surface area contributed by atoms with Crippen LogP contribution in [0.5, 0.6) is 0 Å². The Morgan fingerprint density at radius 2 is 2.22 bits per heavy atom. The Morgan fingerprint density at radius 3 is 2.83 bits per heavy atom. The van der Waals surface area contributed by atoms with Gasteiger partial charge in [-0.05, 0) is 36.6 Å². The Balaban J connectivity index is 2.28. The minimum atomic E-state index is -0.927. The summed E-state index contributed by atoms with van der Waals surface area (Å²) in [5, 5.41) is 14.4. The molecule has 94 valence electrons. The smallest absolute Gasteiger partial charge is 0.337 e. The summed E-state index contributed by atoms with van der Waals surface area (Å²) in [7, 11) is 0. The molecule has 2 rings (SSSR count). The third kappa shape index (κ3) is 2.91. The topological polar surface area (TPSA) is 49.3 Å². The first-order valence-electron chi connectivity index (χ1n) is 5.40. The van der Waals surface area contributed by atoms with Crippen LogP contribution in [0.25, 0.3) is 0 Å². The third-order valence-corrected chi connectivity index (χ3v) is 4.10. The first-order valence-corrected chi connectivity index (χ1v) is 7.08. The van der Waals surface area contributed by atoms with Crippen molar-refractivity contribution in [1.29, 1.82) is 0 Å². The first kappa shape index (κ1) is 13.1. The average molecular weight is 326 g/mol. The molecule has 1 unspecified atom stereocenters. The van der Waals surface area contributed by atoms with Crippen LogP contribution in [-0.4, -0.2) is 11.1 Å². The number of carboxylic acid groups (broad SMARTS) is 1. The van der Waals surface area contributed by atoms with Crippen molar-refractivity contribution in [3.8, 4) is 0 Å². The molecule has 0 saturated heterocycles. The standard InChI is InChI=1S/C13H12BrNO2S/c1-8(12-3-2-6-18-12)15-11-7-9(14)4-5-10(11)13(16)17/h2-8,15H,1H3,(H,16,17). The van der Waals surface area contributed by atoms with Crippen LogP contribution in [0, 0.1) is 0 Å². The molecule has 0 aliphatic carbocycles. The van der Waals surface area contributed by atoms with Gasteiger partial charge >= 0.3 is 5.97 Å². The average Bonchev–Trinajstić information content (AvgIpc) is 2.81. The van der Waals surface area contributed by atoms with E-state index in [0.29, 0.717) is 5.69 Å². The van der Waals surface area contributed by atoms with Gasteiger partial charge in [0, 0.05) is 9.35 Å². The molecule has 0 aliphatic heterocycles. The Labute approximate surface area is 118 Å².